The highest BCUT2D eigenvalue weighted by molar-refractivity contribution is 5.91. The molecule has 0 fully saturated rings. The molecule has 2 aromatic rings. The number of nitrogen functional groups attached to an aromatic ring is 1. The normalized spacial score (nSPS) is 10.4. The van der Waals surface area contributed by atoms with Crippen molar-refractivity contribution in [3.8, 4) is 0 Å². The molecule has 20 heavy (non-hydrogen) atoms. The minimum absolute atomic E-state index is 0.234. The Kier molecular flexibility index (Phi) is 4.10. The van der Waals surface area contributed by atoms with Crippen LogP contribution in [0.2, 0.25) is 0 Å². The van der Waals surface area contributed by atoms with Crippen molar-refractivity contribution < 1.29 is 9.21 Å². The Bertz CT molecular complexity index is 619. The molecule has 1 aromatic carbocycles. The van der Waals surface area contributed by atoms with Crippen LogP contribution in [-0.4, -0.2) is 13.0 Å². The van der Waals surface area contributed by atoms with Gasteiger partial charge in [0, 0.05) is 24.8 Å². The number of nitrogens with zero attached hydrogens (tertiary/aromatic N) is 1. The van der Waals surface area contributed by atoms with E-state index in [2.05, 4.69) is 35.4 Å². The van der Waals surface area contributed by atoms with Gasteiger partial charge >= 0.3 is 5.91 Å². The fourth-order valence-corrected chi connectivity index (χ4v) is 2.07. The van der Waals surface area contributed by atoms with Gasteiger partial charge in [0.05, 0.1) is 0 Å². The zero-order valence-electron chi connectivity index (χ0n) is 11.9. The van der Waals surface area contributed by atoms with Gasteiger partial charge in [0.25, 0.3) is 0 Å². The standard InChI is InChI=1S/C15H19N3O2/c1-10-5-4-6-13(7-10)18(3)9-12-8-14(15(19)17-16)20-11(12)2/h4-8H,9,16H2,1-3H3,(H,17,19). The van der Waals surface area contributed by atoms with E-state index in [9.17, 15) is 4.79 Å². The molecule has 0 bridgehead atoms. The van der Waals surface area contributed by atoms with Crippen LogP contribution in [-0.2, 0) is 6.54 Å². The highest BCUT2D eigenvalue weighted by Gasteiger charge is 2.14. The van der Waals surface area contributed by atoms with Gasteiger partial charge in [-0.25, -0.2) is 5.84 Å². The number of amides is 1. The predicted molar refractivity (Wildman–Crippen MR) is 78.4 cm³/mol. The summed E-state index contributed by atoms with van der Waals surface area (Å²) < 4.78 is 5.41. The summed E-state index contributed by atoms with van der Waals surface area (Å²) in [5.41, 5.74) is 5.36. The van der Waals surface area contributed by atoms with E-state index in [4.69, 9.17) is 10.3 Å². The van der Waals surface area contributed by atoms with Gasteiger partial charge in [0.1, 0.15) is 5.76 Å². The third kappa shape index (κ3) is 3.00. The van der Waals surface area contributed by atoms with E-state index in [0.717, 1.165) is 17.0 Å². The first-order chi connectivity index (χ1) is 9.51. The topological polar surface area (TPSA) is 71.5 Å². The number of aryl methyl sites for hydroxylation is 2. The van der Waals surface area contributed by atoms with E-state index in [-0.39, 0.29) is 5.76 Å². The Morgan fingerprint density at radius 1 is 1.35 bits per heavy atom. The van der Waals surface area contributed by atoms with Gasteiger partial charge in [0.2, 0.25) is 0 Å². The average molecular weight is 273 g/mol. The van der Waals surface area contributed by atoms with Crippen LogP contribution in [0.4, 0.5) is 5.69 Å². The number of benzene rings is 1. The summed E-state index contributed by atoms with van der Waals surface area (Å²) in [6.45, 7) is 4.56. The number of hydrazine groups is 1. The molecule has 0 unspecified atom stereocenters. The molecular formula is C15H19N3O2. The lowest BCUT2D eigenvalue weighted by Gasteiger charge is -2.19. The van der Waals surface area contributed by atoms with E-state index >= 15 is 0 Å². The molecule has 2 rings (SSSR count). The summed E-state index contributed by atoms with van der Waals surface area (Å²) in [6.07, 6.45) is 0. The highest BCUT2D eigenvalue weighted by atomic mass is 16.4. The molecule has 0 saturated carbocycles. The van der Waals surface area contributed by atoms with Crippen molar-refractivity contribution in [2.24, 2.45) is 5.84 Å². The first-order valence-corrected chi connectivity index (χ1v) is 6.39. The summed E-state index contributed by atoms with van der Waals surface area (Å²) in [7, 11) is 2.00. The smallest absolute Gasteiger partial charge is 0.300 e. The summed E-state index contributed by atoms with van der Waals surface area (Å²) >= 11 is 0. The Morgan fingerprint density at radius 3 is 2.75 bits per heavy atom. The lowest BCUT2D eigenvalue weighted by atomic mass is 10.2. The quantitative estimate of drug-likeness (QED) is 0.508. The van der Waals surface area contributed by atoms with E-state index in [0.29, 0.717) is 6.54 Å². The fourth-order valence-electron chi connectivity index (χ4n) is 2.07. The van der Waals surface area contributed by atoms with Gasteiger partial charge in [0.15, 0.2) is 5.76 Å². The van der Waals surface area contributed by atoms with E-state index in [1.165, 1.54) is 5.56 Å². The number of nitrogens with one attached hydrogen (secondary N) is 1. The fraction of sp³-hybridized carbons (Fsp3) is 0.267. The molecule has 1 aromatic heterocycles. The summed E-state index contributed by atoms with van der Waals surface area (Å²) in [4.78, 5) is 13.5. The zero-order valence-corrected chi connectivity index (χ0v) is 11.9. The number of carbonyl (C=O) groups is 1. The molecule has 0 aliphatic heterocycles. The number of anilines is 1. The number of hydrogen-bond acceptors (Lipinski definition) is 4. The van der Waals surface area contributed by atoms with Crippen LogP contribution in [0.1, 0.15) is 27.4 Å². The SMILES string of the molecule is Cc1cccc(N(C)Cc2cc(C(=O)NN)oc2C)c1. The monoisotopic (exact) mass is 273 g/mol. The number of rotatable bonds is 4. The third-order valence-corrected chi connectivity index (χ3v) is 3.23. The van der Waals surface area contributed by atoms with Crippen LogP contribution in [0.3, 0.4) is 0 Å². The van der Waals surface area contributed by atoms with E-state index in [1.807, 2.05) is 20.0 Å². The van der Waals surface area contributed by atoms with Gasteiger partial charge < -0.3 is 9.32 Å². The zero-order chi connectivity index (χ0) is 14.7. The second kappa shape index (κ2) is 5.79. The van der Waals surface area contributed by atoms with E-state index in [1.54, 1.807) is 6.07 Å². The van der Waals surface area contributed by atoms with E-state index < -0.39 is 5.91 Å². The van der Waals surface area contributed by atoms with Crippen molar-refractivity contribution in [1.82, 2.24) is 5.43 Å². The Balaban J connectivity index is 2.17. The number of furan rings is 1. The minimum atomic E-state index is -0.419. The van der Waals surface area contributed by atoms with Crippen LogP contribution in [0, 0.1) is 13.8 Å². The molecule has 0 aliphatic rings. The van der Waals surface area contributed by atoms with Crippen molar-refractivity contribution in [1.29, 1.82) is 0 Å². The molecule has 0 aliphatic carbocycles. The van der Waals surface area contributed by atoms with Gasteiger partial charge in [-0.05, 0) is 37.6 Å². The average Bonchev–Trinajstić information content (AvgIpc) is 2.79. The maximum absolute atomic E-state index is 11.4. The first kappa shape index (κ1) is 14.1. The lowest BCUT2D eigenvalue weighted by Crippen LogP contribution is -2.29. The second-order valence-corrected chi connectivity index (χ2v) is 4.86. The number of nitrogens with two attached hydrogens (primary N) is 1. The first-order valence-electron chi connectivity index (χ1n) is 6.39. The third-order valence-electron chi connectivity index (χ3n) is 3.23. The largest absolute Gasteiger partial charge is 0.456 e. The summed E-state index contributed by atoms with van der Waals surface area (Å²) in [5.74, 6) is 5.64. The maximum atomic E-state index is 11.4. The molecule has 5 nitrogen and oxygen atoms in total. The van der Waals surface area contributed by atoms with Crippen LogP contribution in [0.25, 0.3) is 0 Å². The van der Waals surface area contributed by atoms with Gasteiger partial charge in [-0.2, -0.15) is 0 Å². The Morgan fingerprint density at radius 2 is 2.10 bits per heavy atom. The van der Waals surface area contributed by atoms with Crippen molar-refractivity contribution in [2.75, 3.05) is 11.9 Å². The molecular weight excluding hydrogens is 254 g/mol. The molecule has 5 heteroatoms. The van der Waals surface area contributed by atoms with Crippen molar-refractivity contribution in [3.63, 3.8) is 0 Å². The molecule has 3 N–H and O–H groups in total. The van der Waals surface area contributed by atoms with Crippen molar-refractivity contribution in [2.45, 2.75) is 20.4 Å². The summed E-state index contributed by atoms with van der Waals surface area (Å²) in [5, 5.41) is 0. The number of carbonyl (C=O) groups excluding carboxylic acids is 1. The van der Waals surface area contributed by atoms with Crippen LogP contribution < -0.4 is 16.2 Å². The molecule has 0 saturated heterocycles. The highest BCUT2D eigenvalue weighted by Crippen LogP contribution is 2.20. The van der Waals surface area contributed by atoms with Crippen molar-refractivity contribution >= 4 is 11.6 Å². The van der Waals surface area contributed by atoms with Crippen LogP contribution in [0.5, 0.6) is 0 Å². The molecule has 1 heterocycles. The molecule has 0 atom stereocenters. The van der Waals surface area contributed by atoms with Gasteiger partial charge in [-0.15, -0.1) is 0 Å². The van der Waals surface area contributed by atoms with Gasteiger partial charge in [-0.1, -0.05) is 12.1 Å². The van der Waals surface area contributed by atoms with Crippen LogP contribution >= 0.6 is 0 Å². The van der Waals surface area contributed by atoms with Gasteiger partial charge in [-0.3, -0.25) is 10.2 Å². The second-order valence-electron chi connectivity index (χ2n) is 4.86. The van der Waals surface area contributed by atoms with Crippen molar-refractivity contribution in [3.05, 3.63) is 53.0 Å². The maximum Gasteiger partial charge on any atom is 0.300 e. The number of hydrogen-bond donors (Lipinski definition) is 2. The minimum Gasteiger partial charge on any atom is -0.456 e. The predicted octanol–water partition coefficient (Wildman–Crippen LogP) is 2.14. The molecule has 0 radical (unpaired) electrons. The summed E-state index contributed by atoms with van der Waals surface area (Å²) in [6, 6.07) is 9.98. The molecule has 106 valence electrons. The Hall–Kier alpha value is -2.27. The molecule has 1 amide bonds. The molecule has 0 spiro atoms. The lowest BCUT2D eigenvalue weighted by molar-refractivity contribution is 0.0924. The Labute approximate surface area is 118 Å². The van der Waals surface area contributed by atoms with Crippen LogP contribution in [0.15, 0.2) is 34.7 Å².